The molecule has 1 N–H and O–H groups in total. The number of likely N-dealkylation sites (tertiary alicyclic amines) is 2. The van der Waals surface area contributed by atoms with E-state index in [0.717, 1.165) is 51.1 Å². The zero-order chi connectivity index (χ0) is 27.0. The summed E-state index contributed by atoms with van der Waals surface area (Å²) in [7, 11) is 0. The molecule has 2 aliphatic rings. The molecule has 0 aliphatic carbocycles. The third kappa shape index (κ3) is 6.98. The van der Waals surface area contributed by atoms with Gasteiger partial charge in [-0.2, -0.15) is 5.26 Å². The Kier molecular flexibility index (Phi) is 8.44. The maximum atomic E-state index is 13.0. The van der Waals surface area contributed by atoms with Crippen LogP contribution in [0.25, 0.3) is 0 Å². The van der Waals surface area contributed by atoms with Crippen LogP contribution < -0.4 is 10.1 Å². The minimum Gasteiger partial charge on any atom is -0.490 e. The van der Waals surface area contributed by atoms with E-state index < -0.39 is 0 Å². The highest BCUT2D eigenvalue weighted by molar-refractivity contribution is 5.96. The summed E-state index contributed by atoms with van der Waals surface area (Å²) in [5.74, 6) is 0.501. The number of hydrogen-bond acceptors (Lipinski definition) is 7. The van der Waals surface area contributed by atoms with Crippen LogP contribution in [0.5, 0.6) is 5.75 Å². The molecule has 2 aliphatic heterocycles. The van der Waals surface area contributed by atoms with Crippen molar-refractivity contribution in [2.45, 2.75) is 44.4 Å². The van der Waals surface area contributed by atoms with E-state index >= 15 is 0 Å². The smallest absolute Gasteiger partial charge is 0.270 e. The first kappa shape index (κ1) is 26.3. The molecule has 0 saturated carbocycles. The molecule has 2 saturated heterocycles. The fourth-order valence-electron chi connectivity index (χ4n) is 5.06. The fourth-order valence-corrected chi connectivity index (χ4v) is 5.06. The SMILES string of the molecule is N#Cc1ccc(CN2CCC(NC(=O)c3ccc(C(=O)N4CCC(Oc5ccncc5)CC4)cn3)CC2)cc1. The molecule has 3 aromatic rings. The topological polar surface area (TPSA) is 111 Å². The van der Waals surface area contributed by atoms with E-state index in [1.807, 2.05) is 41.3 Å². The number of carbonyl (C=O) groups excluding carboxylic acids is 2. The molecule has 1 aromatic carbocycles. The van der Waals surface area contributed by atoms with E-state index in [2.05, 4.69) is 26.3 Å². The van der Waals surface area contributed by atoms with E-state index in [1.54, 1.807) is 24.5 Å². The number of piperidine rings is 2. The molecule has 9 nitrogen and oxygen atoms in total. The molecule has 2 amide bonds. The van der Waals surface area contributed by atoms with Gasteiger partial charge in [-0.05, 0) is 54.8 Å². The quantitative estimate of drug-likeness (QED) is 0.504. The van der Waals surface area contributed by atoms with Gasteiger partial charge in [0.05, 0.1) is 17.2 Å². The Morgan fingerprint density at radius 3 is 2.31 bits per heavy atom. The highest BCUT2D eigenvalue weighted by Crippen LogP contribution is 2.20. The maximum absolute atomic E-state index is 13.0. The largest absolute Gasteiger partial charge is 0.490 e. The summed E-state index contributed by atoms with van der Waals surface area (Å²) in [5.41, 5.74) is 2.64. The molecule has 0 spiro atoms. The zero-order valence-corrected chi connectivity index (χ0v) is 21.8. The summed E-state index contributed by atoms with van der Waals surface area (Å²) < 4.78 is 5.99. The Bertz CT molecular complexity index is 1290. The van der Waals surface area contributed by atoms with E-state index in [4.69, 9.17) is 10.00 Å². The van der Waals surface area contributed by atoms with Gasteiger partial charge in [-0.15, -0.1) is 0 Å². The predicted molar refractivity (Wildman–Crippen MR) is 145 cm³/mol. The van der Waals surface area contributed by atoms with Gasteiger partial charge in [-0.3, -0.25) is 24.5 Å². The lowest BCUT2D eigenvalue weighted by Crippen LogP contribution is -2.44. The van der Waals surface area contributed by atoms with Gasteiger partial charge in [-0.1, -0.05) is 12.1 Å². The number of aromatic nitrogens is 2. The third-order valence-electron chi connectivity index (χ3n) is 7.34. The molecule has 0 radical (unpaired) electrons. The normalized spacial score (nSPS) is 16.8. The molecular formula is C30H32N6O3. The Morgan fingerprint density at radius 1 is 0.949 bits per heavy atom. The minimum atomic E-state index is -0.214. The Hall–Kier alpha value is -4.29. The number of hydrogen-bond donors (Lipinski definition) is 1. The van der Waals surface area contributed by atoms with Gasteiger partial charge >= 0.3 is 0 Å². The summed E-state index contributed by atoms with van der Waals surface area (Å²) in [4.78, 5) is 38.2. The predicted octanol–water partition coefficient (Wildman–Crippen LogP) is 3.43. The number of amides is 2. The summed E-state index contributed by atoms with van der Waals surface area (Å²) >= 11 is 0. The third-order valence-corrected chi connectivity index (χ3v) is 7.34. The fraction of sp³-hybridized carbons (Fsp3) is 0.367. The number of nitrogens with zero attached hydrogens (tertiary/aromatic N) is 5. The van der Waals surface area contributed by atoms with Crippen LogP contribution in [0.2, 0.25) is 0 Å². The molecule has 2 fully saturated rings. The van der Waals surface area contributed by atoms with Crippen LogP contribution in [-0.4, -0.2) is 69.9 Å². The number of benzene rings is 1. The van der Waals surface area contributed by atoms with Crippen LogP contribution in [0, 0.1) is 11.3 Å². The molecule has 200 valence electrons. The molecule has 0 unspecified atom stereocenters. The zero-order valence-electron chi connectivity index (χ0n) is 21.8. The number of carbonyl (C=O) groups is 2. The number of nitrogens with one attached hydrogen (secondary N) is 1. The minimum absolute atomic E-state index is 0.0727. The number of ether oxygens (including phenoxy) is 1. The second-order valence-corrected chi connectivity index (χ2v) is 10.1. The van der Waals surface area contributed by atoms with Gasteiger partial charge in [0.25, 0.3) is 11.8 Å². The van der Waals surface area contributed by atoms with Crippen LogP contribution in [0.1, 0.15) is 57.7 Å². The maximum Gasteiger partial charge on any atom is 0.270 e. The summed E-state index contributed by atoms with van der Waals surface area (Å²) in [6.07, 6.45) is 8.21. The van der Waals surface area contributed by atoms with Gasteiger partial charge in [0.15, 0.2) is 0 Å². The Morgan fingerprint density at radius 2 is 1.67 bits per heavy atom. The second kappa shape index (κ2) is 12.5. The number of pyridine rings is 2. The summed E-state index contributed by atoms with van der Waals surface area (Å²) in [6.45, 7) is 3.83. The van der Waals surface area contributed by atoms with Crippen molar-refractivity contribution in [2.75, 3.05) is 26.2 Å². The van der Waals surface area contributed by atoms with Crippen molar-refractivity contribution in [3.05, 3.63) is 89.5 Å². The summed E-state index contributed by atoms with van der Waals surface area (Å²) in [5, 5.41) is 12.0. The molecule has 0 atom stereocenters. The van der Waals surface area contributed by atoms with Gasteiger partial charge in [0.2, 0.25) is 0 Å². The number of nitriles is 1. The van der Waals surface area contributed by atoms with Crippen molar-refractivity contribution in [2.24, 2.45) is 0 Å². The van der Waals surface area contributed by atoms with Crippen molar-refractivity contribution in [1.29, 1.82) is 5.26 Å². The lowest BCUT2D eigenvalue weighted by atomic mass is 10.0. The van der Waals surface area contributed by atoms with Gasteiger partial charge in [0, 0.05) is 70.2 Å². The standard InChI is InChI=1S/C30H32N6O3/c31-19-22-1-3-23(4-2-22)21-35-15-9-25(10-16-35)34-29(37)28-6-5-24(20-33-28)30(38)36-17-11-27(12-18-36)39-26-7-13-32-14-8-26/h1-8,13-14,20,25,27H,9-12,15-18,21H2,(H,34,37). The van der Waals surface area contributed by atoms with Crippen LogP contribution in [-0.2, 0) is 6.54 Å². The van der Waals surface area contributed by atoms with Crippen LogP contribution in [0.15, 0.2) is 67.1 Å². The summed E-state index contributed by atoms with van der Waals surface area (Å²) in [6, 6.07) is 16.9. The molecule has 4 heterocycles. The van der Waals surface area contributed by atoms with Crippen molar-refractivity contribution in [3.8, 4) is 11.8 Å². The van der Waals surface area contributed by atoms with Gasteiger partial charge in [0.1, 0.15) is 17.5 Å². The van der Waals surface area contributed by atoms with Crippen molar-refractivity contribution in [3.63, 3.8) is 0 Å². The highest BCUT2D eigenvalue weighted by atomic mass is 16.5. The Labute approximate surface area is 228 Å². The molecule has 9 heteroatoms. The molecule has 5 rings (SSSR count). The van der Waals surface area contributed by atoms with Crippen molar-refractivity contribution in [1.82, 2.24) is 25.1 Å². The number of rotatable bonds is 7. The average molecular weight is 525 g/mol. The molecule has 2 aromatic heterocycles. The lowest BCUT2D eigenvalue weighted by molar-refractivity contribution is 0.0594. The van der Waals surface area contributed by atoms with Crippen LogP contribution >= 0.6 is 0 Å². The average Bonchev–Trinajstić information content (AvgIpc) is 2.99. The first-order valence-corrected chi connectivity index (χ1v) is 13.4. The van der Waals surface area contributed by atoms with Crippen LogP contribution in [0.3, 0.4) is 0 Å². The lowest BCUT2D eigenvalue weighted by Gasteiger charge is -2.32. The van der Waals surface area contributed by atoms with E-state index in [-0.39, 0.29) is 24.0 Å². The Balaban J connectivity index is 1.05. The molecular weight excluding hydrogens is 492 g/mol. The van der Waals surface area contributed by atoms with Crippen molar-refractivity contribution < 1.29 is 14.3 Å². The van der Waals surface area contributed by atoms with Gasteiger partial charge in [-0.25, -0.2) is 0 Å². The van der Waals surface area contributed by atoms with Crippen molar-refractivity contribution >= 4 is 11.8 Å². The molecule has 0 bridgehead atoms. The van der Waals surface area contributed by atoms with Gasteiger partial charge < -0.3 is 15.0 Å². The monoisotopic (exact) mass is 524 g/mol. The highest BCUT2D eigenvalue weighted by Gasteiger charge is 2.26. The first-order chi connectivity index (χ1) is 19.1. The van der Waals surface area contributed by atoms with E-state index in [9.17, 15) is 9.59 Å². The van der Waals surface area contributed by atoms with E-state index in [1.165, 1.54) is 11.8 Å². The second-order valence-electron chi connectivity index (χ2n) is 10.1. The first-order valence-electron chi connectivity index (χ1n) is 13.4. The van der Waals surface area contributed by atoms with Crippen LogP contribution in [0.4, 0.5) is 0 Å². The van der Waals surface area contributed by atoms with E-state index in [0.29, 0.717) is 29.9 Å². The molecule has 39 heavy (non-hydrogen) atoms.